The van der Waals surface area contributed by atoms with Crippen molar-refractivity contribution in [3.63, 3.8) is 0 Å². The molecular formula is C4H2Br2N6. The Kier molecular flexibility index (Phi) is 1.93. The molecule has 0 aromatic carbocycles. The van der Waals surface area contributed by atoms with Crippen molar-refractivity contribution >= 4 is 31.9 Å². The third-order valence-corrected chi connectivity index (χ3v) is 1.83. The molecule has 2 aromatic heterocycles. The van der Waals surface area contributed by atoms with Crippen LogP contribution in [0.1, 0.15) is 0 Å². The number of nitrogens with zero attached hydrogens (tertiary/aromatic N) is 5. The predicted octanol–water partition coefficient (Wildman–Crippen LogP) is 0.910. The molecule has 0 fully saturated rings. The summed E-state index contributed by atoms with van der Waals surface area (Å²) in [6.45, 7) is 0. The summed E-state index contributed by atoms with van der Waals surface area (Å²) in [5.41, 5.74) is 0. The first-order chi connectivity index (χ1) is 5.75. The van der Waals surface area contributed by atoms with E-state index in [2.05, 4.69) is 57.1 Å². The molecule has 0 amide bonds. The molecule has 2 heterocycles. The van der Waals surface area contributed by atoms with E-state index < -0.39 is 0 Å². The first-order valence-electron chi connectivity index (χ1n) is 2.91. The van der Waals surface area contributed by atoms with E-state index >= 15 is 0 Å². The fourth-order valence-corrected chi connectivity index (χ4v) is 1.19. The number of H-pyrrole nitrogens is 1. The van der Waals surface area contributed by atoms with Crippen molar-refractivity contribution in [1.82, 2.24) is 29.9 Å². The number of aromatic nitrogens is 6. The lowest BCUT2D eigenvalue weighted by molar-refractivity contribution is 0.806. The number of hydrogen-bond acceptors (Lipinski definition) is 4. The van der Waals surface area contributed by atoms with Gasteiger partial charge in [-0.2, -0.15) is 9.67 Å². The van der Waals surface area contributed by atoms with Crippen LogP contribution in [0.15, 0.2) is 15.8 Å². The van der Waals surface area contributed by atoms with Gasteiger partial charge in [0.15, 0.2) is 4.73 Å². The van der Waals surface area contributed by atoms with Crippen molar-refractivity contribution in [2.75, 3.05) is 0 Å². The van der Waals surface area contributed by atoms with Crippen molar-refractivity contribution in [2.45, 2.75) is 0 Å². The predicted molar refractivity (Wildman–Crippen MR) is 46.7 cm³/mol. The van der Waals surface area contributed by atoms with Crippen LogP contribution in [0.3, 0.4) is 0 Å². The van der Waals surface area contributed by atoms with Crippen LogP contribution < -0.4 is 0 Å². The van der Waals surface area contributed by atoms with E-state index in [1.807, 2.05) is 0 Å². The summed E-state index contributed by atoms with van der Waals surface area (Å²) in [6.07, 6.45) is 1.51. The molecule has 0 bridgehead atoms. The largest absolute Gasteiger partial charge is 0.271 e. The minimum absolute atomic E-state index is 0.445. The van der Waals surface area contributed by atoms with Gasteiger partial charge in [0.2, 0.25) is 4.73 Å². The summed E-state index contributed by atoms with van der Waals surface area (Å²) in [7, 11) is 0. The normalized spacial score (nSPS) is 10.5. The van der Waals surface area contributed by atoms with E-state index in [9.17, 15) is 0 Å². The average molecular weight is 294 g/mol. The van der Waals surface area contributed by atoms with Crippen molar-refractivity contribution in [2.24, 2.45) is 0 Å². The molecule has 0 saturated carbocycles. The minimum atomic E-state index is 0.445. The van der Waals surface area contributed by atoms with E-state index in [0.29, 0.717) is 15.4 Å². The third kappa shape index (κ3) is 1.39. The topological polar surface area (TPSA) is 72.3 Å². The molecule has 1 N–H and O–H groups in total. The van der Waals surface area contributed by atoms with Crippen LogP contribution in [0.25, 0.3) is 5.95 Å². The summed E-state index contributed by atoms with van der Waals surface area (Å²) in [5, 5.41) is 10.4. The van der Waals surface area contributed by atoms with Crippen LogP contribution in [0.4, 0.5) is 0 Å². The second kappa shape index (κ2) is 2.94. The summed E-state index contributed by atoms with van der Waals surface area (Å²) >= 11 is 6.25. The van der Waals surface area contributed by atoms with Crippen molar-refractivity contribution < 1.29 is 0 Å². The van der Waals surface area contributed by atoms with Crippen LogP contribution in [0.2, 0.25) is 0 Å². The number of nitrogens with one attached hydrogen (secondary N) is 1. The molecule has 2 aromatic rings. The Morgan fingerprint density at radius 3 is 2.75 bits per heavy atom. The Bertz CT molecular complexity index is 353. The fraction of sp³-hybridized carbons (Fsp3) is 0. The smallest absolute Gasteiger partial charge is 0.252 e. The molecule has 0 aliphatic carbocycles. The van der Waals surface area contributed by atoms with E-state index in [1.165, 1.54) is 11.0 Å². The Hall–Kier alpha value is -0.760. The molecule has 0 aliphatic rings. The second-order valence-corrected chi connectivity index (χ2v) is 3.34. The minimum Gasteiger partial charge on any atom is -0.252 e. The lowest BCUT2D eigenvalue weighted by Crippen LogP contribution is -1.96. The summed E-state index contributed by atoms with van der Waals surface area (Å²) < 4.78 is 2.51. The average Bonchev–Trinajstić information content (AvgIpc) is 2.58. The first-order valence-corrected chi connectivity index (χ1v) is 4.50. The molecule has 0 unspecified atom stereocenters. The molecule has 2 rings (SSSR count). The second-order valence-electron chi connectivity index (χ2n) is 1.88. The van der Waals surface area contributed by atoms with Gasteiger partial charge in [-0.05, 0) is 31.9 Å². The number of aromatic amines is 1. The van der Waals surface area contributed by atoms with E-state index in [0.717, 1.165) is 0 Å². The molecule has 6 nitrogen and oxygen atoms in total. The summed E-state index contributed by atoms with van der Waals surface area (Å²) in [5.74, 6) is 0.445. The first kappa shape index (κ1) is 7.87. The van der Waals surface area contributed by atoms with Gasteiger partial charge in [-0.25, -0.2) is 4.98 Å². The zero-order valence-electron chi connectivity index (χ0n) is 5.57. The SMILES string of the molecule is Brc1ncn(-c2n[nH]c(Br)n2)n1. The standard InChI is InChI=1S/C4H2Br2N6/c5-2-7-1-12(11-2)4-8-3(6)9-10-4/h1H,(H,8,9,10). The third-order valence-electron chi connectivity index (χ3n) is 1.12. The van der Waals surface area contributed by atoms with Gasteiger partial charge in [0, 0.05) is 0 Å². The van der Waals surface area contributed by atoms with Gasteiger partial charge in [-0.3, -0.25) is 5.10 Å². The molecule has 0 spiro atoms. The highest BCUT2D eigenvalue weighted by atomic mass is 79.9. The van der Waals surface area contributed by atoms with Gasteiger partial charge >= 0.3 is 0 Å². The maximum absolute atomic E-state index is 3.98. The highest BCUT2D eigenvalue weighted by Crippen LogP contribution is 2.06. The molecule has 0 saturated heterocycles. The summed E-state index contributed by atoms with van der Waals surface area (Å²) in [6, 6.07) is 0. The van der Waals surface area contributed by atoms with Crippen LogP contribution in [-0.2, 0) is 0 Å². The monoisotopic (exact) mass is 292 g/mol. The van der Waals surface area contributed by atoms with Crippen LogP contribution in [-0.4, -0.2) is 29.9 Å². The highest BCUT2D eigenvalue weighted by Gasteiger charge is 2.04. The Balaban J connectivity index is 2.43. The van der Waals surface area contributed by atoms with Gasteiger partial charge in [-0.1, -0.05) is 0 Å². The van der Waals surface area contributed by atoms with Crippen molar-refractivity contribution in [1.29, 1.82) is 0 Å². The lowest BCUT2D eigenvalue weighted by atomic mass is 11.0. The van der Waals surface area contributed by atoms with Crippen LogP contribution in [0, 0.1) is 0 Å². The zero-order chi connectivity index (χ0) is 8.55. The number of hydrogen-bond donors (Lipinski definition) is 1. The van der Waals surface area contributed by atoms with E-state index in [-0.39, 0.29) is 0 Å². The maximum Gasteiger partial charge on any atom is 0.271 e. The molecule has 0 atom stereocenters. The van der Waals surface area contributed by atoms with Gasteiger partial charge in [0.05, 0.1) is 0 Å². The van der Waals surface area contributed by atoms with Crippen LogP contribution in [0.5, 0.6) is 0 Å². The Morgan fingerprint density at radius 2 is 2.25 bits per heavy atom. The Morgan fingerprint density at radius 1 is 1.42 bits per heavy atom. The molecule has 0 radical (unpaired) electrons. The van der Waals surface area contributed by atoms with Crippen molar-refractivity contribution in [3.8, 4) is 5.95 Å². The van der Waals surface area contributed by atoms with E-state index in [1.54, 1.807) is 0 Å². The molecule has 0 aliphatic heterocycles. The van der Waals surface area contributed by atoms with Gasteiger partial charge in [0.25, 0.3) is 5.95 Å². The zero-order valence-corrected chi connectivity index (χ0v) is 8.74. The molecule has 8 heteroatoms. The molecular weight excluding hydrogens is 292 g/mol. The van der Waals surface area contributed by atoms with Crippen LogP contribution >= 0.6 is 31.9 Å². The highest BCUT2D eigenvalue weighted by molar-refractivity contribution is 9.10. The Labute approximate surface area is 83.7 Å². The quantitative estimate of drug-likeness (QED) is 0.848. The van der Waals surface area contributed by atoms with Gasteiger partial charge in [-0.15, -0.1) is 10.2 Å². The fourth-order valence-electron chi connectivity index (χ4n) is 0.676. The van der Waals surface area contributed by atoms with Gasteiger partial charge < -0.3 is 0 Å². The molecule has 12 heavy (non-hydrogen) atoms. The molecule has 62 valence electrons. The lowest BCUT2D eigenvalue weighted by Gasteiger charge is -1.87. The number of rotatable bonds is 1. The number of halogens is 2. The van der Waals surface area contributed by atoms with Crippen molar-refractivity contribution in [3.05, 3.63) is 15.8 Å². The van der Waals surface area contributed by atoms with Gasteiger partial charge in [0.1, 0.15) is 6.33 Å². The summed E-state index contributed by atoms with van der Waals surface area (Å²) in [4.78, 5) is 7.85. The van der Waals surface area contributed by atoms with E-state index in [4.69, 9.17) is 0 Å². The maximum atomic E-state index is 3.98.